The molecule has 1 heterocycles. The molecule has 3 rings (SSSR count). The van der Waals surface area contributed by atoms with Crippen LogP contribution in [0.4, 0.5) is 11.4 Å². The van der Waals surface area contributed by atoms with E-state index in [0.29, 0.717) is 24.0 Å². The van der Waals surface area contributed by atoms with Crippen molar-refractivity contribution in [3.8, 4) is 5.69 Å². The standard InChI is InChI=1S/C50H67N11O16/c1-8-9-14-32(42(67)44(51)68)54-46(70)34(21-27(2)3)57-49(73)43(50(5,6)7)58-48(72)35(22-29-13-11-10-12-28(29)4)56-45(69)33(16-19-40(63)64)55-47(71)36(53-39(62)18-20-41(65)66)23-30-25-59(26-52-30)37-17-15-31(60(74)75)24-38(37)61(76)77/h10-13,15,17,24-27,32-36,43H,8-9,14,16,18-23H2,1-7H3,(H2,51,68)(H,53,62)(H,54,70)(H,55,71)(H,56,69)(H,57,73)(H,58,72)(H,63,64)(H,65,66)/t32?,33-,34-,35-,36-,43+/m0/s1. The number of aromatic nitrogens is 2. The summed E-state index contributed by atoms with van der Waals surface area (Å²) in [5.41, 5.74) is 3.97. The molecule has 1 unspecified atom stereocenters. The average Bonchev–Trinajstić information content (AvgIpc) is 3.81. The third-order valence-electron chi connectivity index (χ3n) is 12.0. The number of nitro benzene ring substituents is 2. The summed E-state index contributed by atoms with van der Waals surface area (Å²) < 4.78 is 1.12. The van der Waals surface area contributed by atoms with E-state index in [4.69, 9.17) is 5.73 Å². The lowest BCUT2D eigenvalue weighted by atomic mass is 9.85. The Morgan fingerprint density at radius 3 is 1.84 bits per heavy atom. The number of hydrogen-bond donors (Lipinski definition) is 9. The molecule has 0 saturated heterocycles. The van der Waals surface area contributed by atoms with E-state index in [1.54, 1.807) is 65.8 Å². The zero-order valence-electron chi connectivity index (χ0n) is 43.8. The van der Waals surface area contributed by atoms with Crippen molar-refractivity contribution >= 4 is 70.4 Å². The second-order valence-electron chi connectivity index (χ2n) is 19.8. The first-order chi connectivity index (χ1) is 36.0. The molecular formula is C50H67N11O16. The van der Waals surface area contributed by atoms with E-state index in [9.17, 15) is 78.4 Å². The fourth-order valence-electron chi connectivity index (χ4n) is 7.84. The number of nitrogens with one attached hydrogen (secondary N) is 6. The Bertz CT molecular complexity index is 2700. The Kier molecular flexibility index (Phi) is 23.5. The Hall–Kier alpha value is -8.65. The first kappa shape index (κ1) is 62.6. The molecule has 0 saturated carbocycles. The van der Waals surface area contributed by atoms with E-state index < -0.39 is 154 Å². The van der Waals surface area contributed by atoms with Gasteiger partial charge in [0.25, 0.3) is 17.3 Å². The van der Waals surface area contributed by atoms with Crippen LogP contribution >= 0.6 is 0 Å². The van der Waals surface area contributed by atoms with Gasteiger partial charge >= 0.3 is 11.9 Å². The fraction of sp³-hybridized carbons (Fsp3) is 0.500. The minimum atomic E-state index is -1.75. The Morgan fingerprint density at radius 1 is 0.701 bits per heavy atom. The van der Waals surface area contributed by atoms with Crippen molar-refractivity contribution < 1.29 is 68.0 Å². The van der Waals surface area contributed by atoms with Crippen LogP contribution in [0.5, 0.6) is 0 Å². The van der Waals surface area contributed by atoms with E-state index in [-0.39, 0.29) is 36.6 Å². The normalized spacial score (nSPS) is 13.6. The minimum Gasteiger partial charge on any atom is -0.481 e. The number of amides is 7. The molecule has 27 nitrogen and oxygen atoms in total. The SMILES string of the molecule is CCCCC(NC(=O)[C@H](CC(C)C)NC(=O)[C@@H](NC(=O)[C@H](Cc1ccccc1C)NC(=O)[C@H](CCC(=O)O)NC(=O)[C@H](Cc1cn(-c2ccc([N+](=O)[O-])cc2[N+](=O)[O-])cn1)NC(=O)CCC(=O)O)C(C)(C)C)C(=O)C(N)=O. The summed E-state index contributed by atoms with van der Waals surface area (Å²) in [6.07, 6.45) is 0.261. The number of nitrogens with two attached hydrogens (primary N) is 1. The summed E-state index contributed by atoms with van der Waals surface area (Å²) in [5, 5.41) is 57.4. The molecule has 0 bridgehead atoms. The molecule has 7 amide bonds. The van der Waals surface area contributed by atoms with Crippen LogP contribution in [0.25, 0.3) is 5.69 Å². The number of imidazole rings is 1. The first-order valence-corrected chi connectivity index (χ1v) is 24.6. The number of carbonyl (C=O) groups is 10. The van der Waals surface area contributed by atoms with Gasteiger partial charge in [0, 0.05) is 37.9 Å². The molecular weight excluding hydrogens is 1010 g/mol. The molecule has 6 atom stereocenters. The number of nitrogens with zero attached hydrogens (tertiary/aromatic N) is 4. The summed E-state index contributed by atoms with van der Waals surface area (Å²) in [6.45, 7) is 12.0. The van der Waals surface area contributed by atoms with Crippen LogP contribution in [-0.2, 0) is 60.8 Å². The maximum absolute atomic E-state index is 14.6. The Balaban J connectivity index is 2.03. The highest BCUT2D eigenvalue weighted by atomic mass is 16.6. The molecule has 77 heavy (non-hydrogen) atoms. The number of carboxylic acid groups (broad SMARTS) is 2. The number of non-ortho nitro benzene ring substituents is 1. The smallest absolute Gasteiger partial charge is 0.303 e. The first-order valence-electron chi connectivity index (χ1n) is 24.6. The molecule has 0 aliphatic heterocycles. The largest absolute Gasteiger partial charge is 0.481 e. The summed E-state index contributed by atoms with van der Waals surface area (Å²) >= 11 is 0. The van der Waals surface area contributed by atoms with Gasteiger partial charge in [0.2, 0.25) is 41.2 Å². The van der Waals surface area contributed by atoms with Crippen molar-refractivity contribution in [3.63, 3.8) is 0 Å². The van der Waals surface area contributed by atoms with Gasteiger partial charge in [-0.25, -0.2) is 4.98 Å². The number of unbranched alkanes of at least 4 members (excludes halogenated alkanes) is 1. The van der Waals surface area contributed by atoms with Crippen molar-refractivity contribution in [2.75, 3.05) is 0 Å². The number of Topliss-reactive ketones (excluding diaryl/α,β-unsaturated/α-hetero) is 1. The number of carboxylic acids is 2. The highest BCUT2D eigenvalue weighted by Crippen LogP contribution is 2.28. The monoisotopic (exact) mass is 1080 g/mol. The average molecular weight is 1080 g/mol. The quantitative estimate of drug-likeness (QED) is 0.0252. The number of carbonyl (C=O) groups excluding carboxylic acids is 8. The molecule has 418 valence electrons. The molecule has 0 radical (unpaired) electrons. The van der Waals surface area contributed by atoms with Crippen LogP contribution in [0.2, 0.25) is 0 Å². The van der Waals surface area contributed by atoms with E-state index in [1.807, 2.05) is 6.92 Å². The number of aliphatic carboxylic acids is 2. The molecule has 0 aliphatic carbocycles. The third kappa shape index (κ3) is 19.9. The van der Waals surface area contributed by atoms with Gasteiger partial charge in [0.1, 0.15) is 35.9 Å². The second-order valence-corrected chi connectivity index (χ2v) is 19.8. The van der Waals surface area contributed by atoms with Gasteiger partial charge in [-0.3, -0.25) is 72.7 Å². The summed E-state index contributed by atoms with van der Waals surface area (Å²) in [5.74, 6) is -10.9. The maximum Gasteiger partial charge on any atom is 0.303 e. The summed E-state index contributed by atoms with van der Waals surface area (Å²) in [7, 11) is 0. The molecule has 27 heteroatoms. The zero-order chi connectivity index (χ0) is 57.9. The van der Waals surface area contributed by atoms with Crippen LogP contribution < -0.4 is 37.6 Å². The lowest BCUT2D eigenvalue weighted by Gasteiger charge is -2.34. The molecule has 0 spiro atoms. The van der Waals surface area contributed by atoms with E-state index >= 15 is 0 Å². The van der Waals surface area contributed by atoms with Gasteiger partial charge in [-0.15, -0.1) is 0 Å². The van der Waals surface area contributed by atoms with Crippen molar-refractivity contribution in [1.29, 1.82) is 0 Å². The highest BCUT2D eigenvalue weighted by molar-refractivity contribution is 6.37. The van der Waals surface area contributed by atoms with Gasteiger partial charge in [-0.05, 0) is 54.7 Å². The topological polar surface area (TPSA) is 413 Å². The summed E-state index contributed by atoms with van der Waals surface area (Å²) in [6, 6.07) is 0.722. The minimum absolute atomic E-state index is 0.0132. The number of primary amides is 1. The lowest BCUT2D eigenvalue weighted by molar-refractivity contribution is -0.394. The van der Waals surface area contributed by atoms with Gasteiger partial charge in [0.15, 0.2) is 0 Å². The molecule has 0 fully saturated rings. The molecule has 1 aromatic heterocycles. The number of nitro groups is 2. The summed E-state index contributed by atoms with van der Waals surface area (Å²) in [4.78, 5) is 158. The lowest BCUT2D eigenvalue weighted by Crippen LogP contribution is -2.62. The third-order valence-corrected chi connectivity index (χ3v) is 12.0. The second kappa shape index (κ2) is 28.9. The van der Waals surface area contributed by atoms with Crippen molar-refractivity contribution in [1.82, 2.24) is 41.5 Å². The van der Waals surface area contributed by atoms with Crippen LogP contribution in [-0.4, -0.2) is 125 Å². The van der Waals surface area contributed by atoms with Crippen LogP contribution in [0, 0.1) is 38.5 Å². The van der Waals surface area contributed by atoms with E-state index in [2.05, 4.69) is 36.9 Å². The van der Waals surface area contributed by atoms with Crippen molar-refractivity contribution in [2.24, 2.45) is 17.1 Å². The van der Waals surface area contributed by atoms with E-state index in [0.717, 1.165) is 29.1 Å². The van der Waals surface area contributed by atoms with E-state index in [1.165, 1.54) is 6.20 Å². The fourth-order valence-corrected chi connectivity index (χ4v) is 7.84. The molecule has 10 N–H and O–H groups in total. The Morgan fingerprint density at radius 2 is 1.27 bits per heavy atom. The van der Waals surface area contributed by atoms with Gasteiger partial charge in [0.05, 0.1) is 40.4 Å². The van der Waals surface area contributed by atoms with Crippen LogP contribution in [0.15, 0.2) is 55.0 Å². The zero-order valence-corrected chi connectivity index (χ0v) is 43.8. The van der Waals surface area contributed by atoms with Gasteiger partial charge in [-0.2, -0.15) is 0 Å². The highest BCUT2D eigenvalue weighted by Gasteiger charge is 2.39. The maximum atomic E-state index is 14.6. The Labute approximate surface area is 442 Å². The number of rotatable bonds is 31. The van der Waals surface area contributed by atoms with Crippen LogP contribution in [0.3, 0.4) is 0 Å². The van der Waals surface area contributed by atoms with Gasteiger partial charge in [-0.1, -0.05) is 78.6 Å². The predicted molar refractivity (Wildman–Crippen MR) is 273 cm³/mol. The number of ketones is 1. The number of aryl methyl sites for hydroxylation is 1. The van der Waals surface area contributed by atoms with Gasteiger partial charge < -0.3 is 47.8 Å². The molecule has 2 aromatic carbocycles. The van der Waals surface area contributed by atoms with Crippen molar-refractivity contribution in [3.05, 3.63) is 92.0 Å². The predicted octanol–water partition coefficient (Wildman–Crippen LogP) is 1.76. The molecule has 3 aromatic rings. The number of hydrogen-bond acceptors (Lipinski definition) is 15. The van der Waals surface area contributed by atoms with Crippen LogP contribution in [0.1, 0.15) is 110 Å². The number of benzene rings is 2. The van der Waals surface area contributed by atoms with Crippen molar-refractivity contribution in [2.45, 2.75) is 149 Å². The molecule has 0 aliphatic rings.